The highest BCUT2D eigenvalue weighted by Crippen LogP contribution is 2.28. The molecule has 1 aromatic heterocycles. The van der Waals surface area contributed by atoms with Crippen molar-refractivity contribution in [3.8, 4) is 5.75 Å². The van der Waals surface area contributed by atoms with Crippen LogP contribution in [-0.2, 0) is 22.7 Å². The van der Waals surface area contributed by atoms with Gasteiger partial charge in [0.25, 0.3) is 0 Å². The van der Waals surface area contributed by atoms with E-state index in [0.29, 0.717) is 16.6 Å². The molecule has 3 amide bonds. The van der Waals surface area contributed by atoms with E-state index in [1.54, 1.807) is 6.07 Å². The van der Waals surface area contributed by atoms with E-state index in [4.69, 9.17) is 16.3 Å². The molecule has 2 atom stereocenters. The minimum atomic E-state index is -1.42. The first-order valence-corrected chi connectivity index (χ1v) is 13.6. The number of amides is 3. The Kier molecular flexibility index (Phi) is 8.76. The molecule has 0 aliphatic carbocycles. The van der Waals surface area contributed by atoms with Gasteiger partial charge in [0.2, 0.25) is 11.8 Å². The van der Waals surface area contributed by atoms with Crippen LogP contribution in [0.5, 0.6) is 5.75 Å². The molecule has 3 heterocycles. The molecular weight excluding hydrogens is 588 g/mol. The van der Waals surface area contributed by atoms with Crippen LogP contribution in [0.2, 0.25) is 5.02 Å². The molecule has 2 aliphatic heterocycles. The molecule has 224 valence electrons. The Bertz CT molecular complexity index is 1670. The minimum absolute atomic E-state index is 0.0953. The average molecular weight is 614 g/mol. The average Bonchev–Trinajstić information content (AvgIpc) is 3.72. The smallest absolute Gasteiger partial charge is 0.410 e. The topological polar surface area (TPSA) is 147 Å². The zero-order chi connectivity index (χ0) is 30.7. The van der Waals surface area contributed by atoms with Gasteiger partial charge in [-0.15, -0.1) is 5.10 Å². The number of benzene rings is 2. The molecule has 1 saturated heterocycles. The highest BCUT2D eigenvalue weighted by atomic mass is 35.5. The lowest BCUT2D eigenvalue weighted by molar-refractivity contribution is -0.139. The summed E-state index contributed by atoms with van der Waals surface area (Å²) in [5.41, 5.74) is 1.49. The minimum Gasteiger partial charge on any atom is -0.410 e. The summed E-state index contributed by atoms with van der Waals surface area (Å²) in [4.78, 5) is 52.1. The number of alkyl halides is 1. The third-order valence-electron chi connectivity index (χ3n) is 7.05. The number of hydrogen-bond acceptors (Lipinski definition) is 8. The number of carbonyl (C=O) groups is 4. The summed E-state index contributed by atoms with van der Waals surface area (Å²) < 4.78 is 35.5. The van der Waals surface area contributed by atoms with Gasteiger partial charge in [-0.25, -0.2) is 13.6 Å². The maximum Gasteiger partial charge on any atom is 0.412 e. The van der Waals surface area contributed by atoms with Gasteiger partial charge < -0.3 is 24.8 Å². The summed E-state index contributed by atoms with van der Waals surface area (Å²) in [5.74, 6) is -1.98. The monoisotopic (exact) mass is 613 g/mol. The lowest BCUT2D eigenvalue weighted by Crippen LogP contribution is -2.46. The zero-order valence-electron chi connectivity index (χ0n) is 22.8. The number of Topliss-reactive ketones (excluding diaryl/α,β-unsaturated/α-hetero) is 1. The Hall–Kier alpha value is -4.72. The third-order valence-corrected chi connectivity index (χ3v) is 7.34. The quantitative estimate of drug-likeness (QED) is 0.352. The van der Waals surface area contributed by atoms with E-state index < -0.39 is 35.9 Å². The number of hydrogen-bond donors (Lipinski definition) is 2. The van der Waals surface area contributed by atoms with Gasteiger partial charge in [-0.3, -0.25) is 14.4 Å². The van der Waals surface area contributed by atoms with Gasteiger partial charge in [-0.05, 0) is 36.4 Å². The number of nitrogens with one attached hydrogen (secondary N) is 2. The number of fused-ring (bicyclic) bond motifs is 1. The molecule has 43 heavy (non-hydrogen) atoms. The van der Waals surface area contributed by atoms with E-state index in [9.17, 15) is 28.0 Å². The predicted octanol–water partition coefficient (Wildman–Crippen LogP) is 3.80. The molecule has 1 fully saturated rings. The van der Waals surface area contributed by atoms with Crippen molar-refractivity contribution in [1.82, 2.24) is 20.1 Å². The van der Waals surface area contributed by atoms with Crippen LogP contribution < -0.4 is 15.4 Å². The van der Waals surface area contributed by atoms with Crippen molar-refractivity contribution in [2.45, 2.75) is 38.6 Å². The summed E-state index contributed by atoms with van der Waals surface area (Å²) in [7, 11) is 0. The molecule has 0 unspecified atom stereocenters. The van der Waals surface area contributed by atoms with Gasteiger partial charge >= 0.3 is 6.09 Å². The molecule has 2 aliphatic rings. The van der Waals surface area contributed by atoms with Crippen molar-refractivity contribution in [2.75, 3.05) is 19.6 Å². The van der Waals surface area contributed by atoms with Crippen molar-refractivity contribution in [3.63, 3.8) is 0 Å². The second-order valence-corrected chi connectivity index (χ2v) is 10.4. The van der Waals surface area contributed by atoms with Gasteiger partial charge in [-0.2, -0.15) is 5.11 Å². The number of nitrogens with zero attached hydrogens (tertiary/aromatic N) is 5. The maximum atomic E-state index is 14.5. The number of ether oxygens (including phenoxy) is 1. The molecule has 12 nitrogen and oxygen atoms in total. The fraction of sp³-hybridized carbons (Fsp3) is 0.321. The van der Waals surface area contributed by atoms with Crippen LogP contribution >= 0.6 is 11.6 Å². The van der Waals surface area contributed by atoms with Gasteiger partial charge in [-0.1, -0.05) is 23.7 Å². The SMILES string of the molecule is CC(=O)c1cn(CC(=O)N2C[C@H](F)C[C@H]2C(=O)NCc2cccc(Cl)c2F)c2ccc(OC(=O)NCC3=NN=NC3)cc12. The number of ketones is 1. The highest BCUT2D eigenvalue weighted by molar-refractivity contribution is 6.30. The molecule has 3 aromatic rings. The Morgan fingerprint density at radius 2 is 1.95 bits per heavy atom. The van der Waals surface area contributed by atoms with Crippen molar-refractivity contribution < 1.29 is 32.7 Å². The van der Waals surface area contributed by atoms with Crippen molar-refractivity contribution >= 4 is 51.9 Å². The predicted molar refractivity (Wildman–Crippen MR) is 151 cm³/mol. The Morgan fingerprint density at radius 3 is 2.70 bits per heavy atom. The molecule has 2 N–H and O–H groups in total. The molecule has 5 rings (SSSR count). The molecule has 0 spiro atoms. The van der Waals surface area contributed by atoms with E-state index in [-0.39, 0.29) is 66.8 Å². The van der Waals surface area contributed by atoms with Crippen LogP contribution in [0, 0.1) is 5.82 Å². The molecule has 0 saturated carbocycles. The normalized spacial score (nSPS) is 17.7. The second kappa shape index (κ2) is 12.7. The lowest BCUT2D eigenvalue weighted by atomic mass is 10.1. The fourth-order valence-corrected chi connectivity index (χ4v) is 5.12. The van der Waals surface area contributed by atoms with Crippen molar-refractivity contribution in [3.05, 3.63) is 64.6 Å². The van der Waals surface area contributed by atoms with Crippen LogP contribution in [0.1, 0.15) is 29.3 Å². The summed E-state index contributed by atoms with van der Waals surface area (Å²) in [6.07, 6.45) is -0.891. The van der Waals surface area contributed by atoms with Crippen LogP contribution in [-0.4, -0.2) is 70.7 Å². The van der Waals surface area contributed by atoms with Gasteiger partial charge in [0.1, 0.15) is 36.9 Å². The molecule has 0 radical (unpaired) electrons. The first kappa shape index (κ1) is 29.8. The third kappa shape index (κ3) is 6.69. The van der Waals surface area contributed by atoms with Gasteiger partial charge in [0, 0.05) is 41.2 Å². The van der Waals surface area contributed by atoms with Crippen LogP contribution in [0.3, 0.4) is 0 Å². The largest absolute Gasteiger partial charge is 0.412 e. The van der Waals surface area contributed by atoms with Gasteiger partial charge in [0.15, 0.2) is 5.78 Å². The van der Waals surface area contributed by atoms with E-state index in [1.807, 2.05) is 0 Å². The van der Waals surface area contributed by atoms with Gasteiger partial charge in [0.05, 0.1) is 23.8 Å². The van der Waals surface area contributed by atoms with Crippen molar-refractivity contribution in [2.24, 2.45) is 15.4 Å². The highest BCUT2D eigenvalue weighted by Gasteiger charge is 2.39. The standard InChI is InChI=1S/C28H26ClF2N7O5/c1-15(39)21-13-37(23-6-5-19(8-20(21)23)43-28(42)33-10-18-11-34-36-35-18)14-25(40)38-12-17(30)7-24(38)27(41)32-9-16-3-2-4-22(29)26(16)31/h2-6,8,13,17,24H,7,9-12,14H2,1H3,(H,32,41)(H,33,42)/t17-,24+/m1/s1. The fourth-order valence-electron chi connectivity index (χ4n) is 4.93. The van der Waals surface area contributed by atoms with Crippen molar-refractivity contribution in [1.29, 1.82) is 0 Å². The van der Waals surface area contributed by atoms with Crippen LogP contribution in [0.15, 0.2) is 58.0 Å². The Morgan fingerprint density at radius 1 is 1.14 bits per heavy atom. The Labute approximate surface area is 248 Å². The second-order valence-electron chi connectivity index (χ2n) is 10.0. The van der Waals surface area contributed by atoms with E-state index in [0.717, 1.165) is 4.90 Å². The maximum absolute atomic E-state index is 14.5. The lowest BCUT2D eigenvalue weighted by Gasteiger charge is -2.24. The van der Waals surface area contributed by atoms with Crippen LogP contribution in [0.25, 0.3) is 10.9 Å². The molecule has 0 bridgehead atoms. The first-order valence-electron chi connectivity index (χ1n) is 13.3. The first-order chi connectivity index (χ1) is 20.6. The van der Waals surface area contributed by atoms with E-state index >= 15 is 0 Å². The molecule has 2 aromatic carbocycles. The molecular formula is C28H26ClF2N7O5. The Balaban J connectivity index is 1.28. The van der Waals surface area contributed by atoms with Crippen LogP contribution in [0.4, 0.5) is 13.6 Å². The number of likely N-dealkylation sites (tertiary alicyclic amines) is 1. The summed E-state index contributed by atoms with van der Waals surface area (Å²) >= 11 is 5.80. The summed E-state index contributed by atoms with van der Waals surface area (Å²) in [6, 6.07) is 7.87. The molecule has 15 heteroatoms. The number of rotatable bonds is 9. The number of aromatic nitrogens is 1. The number of carbonyl (C=O) groups excluding carboxylic acids is 4. The zero-order valence-corrected chi connectivity index (χ0v) is 23.6. The van der Waals surface area contributed by atoms with E-state index in [1.165, 1.54) is 48.0 Å². The number of halogens is 3. The van der Waals surface area contributed by atoms with E-state index in [2.05, 4.69) is 26.1 Å². The summed E-state index contributed by atoms with van der Waals surface area (Å²) in [6.45, 7) is 0.992. The summed E-state index contributed by atoms with van der Waals surface area (Å²) in [5, 5.41) is 16.4.